The van der Waals surface area contributed by atoms with Crippen LogP contribution in [0, 0.1) is 6.92 Å². The number of anilines is 1. The van der Waals surface area contributed by atoms with Crippen LogP contribution in [0.2, 0.25) is 0 Å². The Balaban J connectivity index is 2.35. The first-order chi connectivity index (χ1) is 11.1. The van der Waals surface area contributed by atoms with Crippen LogP contribution in [0.3, 0.4) is 0 Å². The molecule has 1 N–H and O–H groups in total. The summed E-state index contributed by atoms with van der Waals surface area (Å²) in [5.41, 5.74) is 1.16. The summed E-state index contributed by atoms with van der Waals surface area (Å²) in [7, 11) is 1.26. The number of cyclic esters (lactones) is 2. The summed E-state index contributed by atoms with van der Waals surface area (Å²) in [6.07, 6.45) is 1.15. The number of nitrogens with one attached hydrogen (secondary N) is 1. The molecule has 8 heteroatoms. The van der Waals surface area contributed by atoms with Crippen molar-refractivity contribution in [1.82, 2.24) is 0 Å². The van der Waals surface area contributed by atoms with Crippen molar-refractivity contribution >= 4 is 39.5 Å². The molecular formula is C16H16BrNO6. The second kappa shape index (κ2) is 6.64. The number of aryl methyl sites for hydroxylation is 1. The molecule has 24 heavy (non-hydrogen) atoms. The van der Waals surface area contributed by atoms with E-state index in [0.29, 0.717) is 5.69 Å². The van der Waals surface area contributed by atoms with Gasteiger partial charge < -0.3 is 19.5 Å². The minimum atomic E-state index is -1.31. The Hall–Kier alpha value is -2.35. The molecule has 0 saturated carbocycles. The van der Waals surface area contributed by atoms with Crippen molar-refractivity contribution in [1.29, 1.82) is 0 Å². The Morgan fingerprint density at radius 1 is 1.25 bits per heavy atom. The third-order valence-corrected chi connectivity index (χ3v) is 4.05. The number of ether oxygens (including phenoxy) is 3. The molecule has 2 rings (SSSR count). The smallest absolute Gasteiger partial charge is 0.350 e. The quantitative estimate of drug-likeness (QED) is 0.476. The summed E-state index contributed by atoms with van der Waals surface area (Å²) in [6.45, 7) is 4.75. The molecule has 0 aliphatic carbocycles. The van der Waals surface area contributed by atoms with E-state index < -0.39 is 23.7 Å². The predicted molar refractivity (Wildman–Crippen MR) is 88.2 cm³/mol. The van der Waals surface area contributed by atoms with E-state index in [4.69, 9.17) is 14.2 Å². The van der Waals surface area contributed by atoms with Gasteiger partial charge in [0.2, 0.25) is 0 Å². The number of esters is 3. The van der Waals surface area contributed by atoms with Gasteiger partial charge in [0.25, 0.3) is 5.79 Å². The molecular weight excluding hydrogens is 382 g/mol. The molecule has 1 aliphatic heterocycles. The Bertz CT molecular complexity index is 731. The second-order valence-electron chi connectivity index (χ2n) is 5.52. The fraction of sp³-hybridized carbons (Fsp3) is 0.312. The molecule has 0 bridgehead atoms. The highest BCUT2D eigenvalue weighted by molar-refractivity contribution is 9.10. The van der Waals surface area contributed by atoms with E-state index in [1.165, 1.54) is 21.0 Å². The summed E-state index contributed by atoms with van der Waals surface area (Å²) in [6, 6.07) is 3.26. The lowest BCUT2D eigenvalue weighted by molar-refractivity contribution is -0.222. The molecule has 0 radical (unpaired) electrons. The van der Waals surface area contributed by atoms with E-state index in [9.17, 15) is 14.4 Å². The summed E-state index contributed by atoms with van der Waals surface area (Å²) in [5.74, 6) is -3.49. The van der Waals surface area contributed by atoms with Gasteiger partial charge in [0.15, 0.2) is 5.57 Å². The summed E-state index contributed by atoms with van der Waals surface area (Å²) in [5, 5.41) is 2.77. The molecule has 1 fully saturated rings. The van der Waals surface area contributed by atoms with Crippen molar-refractivity contribution in [3.63, 3.8) is 0 Å². The van der Waals surface area contributed by atoms with Crippen LogP contribution in [0.25, 0.3) is 0 Å². The van der Waals surface area contributed by atoms with Crippen molar-refractivity contribution in [2.24, 2.45) is 0 Å². The number of hydrogen-bond donors (Lipinski definition) is 1. The van der Waals surface area contributed by atoms with Gasteiger partial charge in [-0.2, -0.15) is 0 Å². The maximum atomic E-state index is 11.9. The molecule has 7 nitrogen and oxygen atoms in total. The first-order valence-corrected chi connectivity index (χ1v) is 7.76. The molecule has 0 atom stereocenters. The molecule has 0 amide bonds. The van der Waals surface area contributed by atoms with Crippen LogP contribution in [-0.4, -0.2) is 30.8 Å². The Kier molecular flexibility index (Phi) is 4.98. The van der Waals surface area contributed by atoms with Crippen LogP contribution in [0.15, 0.2) is 28.4 Å². The predicted octanol–water partition coefficient (Wildman–Crippen LogP) is 2.68. The zero-order valence-corrected chi connectivity index (χ0v) is 15.1. The molecule has 1 aromatic rings. The number of benzene rings is 1. The van der Waals surface area contributed by atoms with Crippen molar-refractivity contribution in [3.8, 4) is 0 Å². The topological polar surface area (TPSA) is 90.9 Å². The maximum Gasteiger partial charge on any atom is 0.350 e. The number of methoxy groups -OCH3 is 1. The van der Waals surface area contributed by atoms with Crippen LogP contribution in [0.4, 0.5) is 5.69 Å². The van der Waals surface area contributed by atoms with E-state index in [1.54, 1.807) is 12.1 Å². The summed E-state index contributed by atoms with van der Waals surface area (Å²) >= 11 is 3.34. The van der Waals surface area contributed by atoms with E-state index in [1.807, 2.05) is 6.92 Å². The normalized spacial score (nSPS) is 16.1. The van der Waals surface area contributed by atoms with E-state index in [2.05, 4.69) is 21.2 Å². The Morgan fingerprint density at radius 2 is 1.83 bits per heavy atom. The number of hydrogen-bond acceptors (Lipinski definition) is 7. The average Bonchev–Trinajstić information content (AvgIpc) is 2.47. The first-order valence-electron chi connectivity index (χ1n) is 6.96. The lowest BCUT2D eigenvalue weighted by atomic mass is 10.1. The van der Waals surface area contributed by atoms with Gasteiger partial charge >= 0.3 is 17.9 Å². The van der Waals surface area contributed by atoms with Gasteiger partial charge in [-0.05, 0) is 24.6 Å². The first kappa shape index (κ1) is 18.0. The van der Waals surface area contributed by atoms with Gasteiger partial charge in [0.1, 0.15) is 0 Å². The van der Waals surface area contributed by atoms with Gasteiger partial charge in [-0.1, -0.05) is 15.9 Å². The lowest BCUT2D eigenvalue weighted by Crippen LogP contribution is -2.42. The zero-order valence-electron chi connectivity index (χ0n) is 13.6. The van der Waals surface area contributed by atoms with Gasteiger partial charge in [-0.3, -0.25) is 0 Å². The van der Waals surface area contributed by atoms with Crippen molar-refractivity contribution in [2.75, 3.05) is 12.4 Å². The van der Waals surface area contributed by atoms with Crippen LogP contribution in [-0.2, 0) is 23.8 Å². The maximum absolute atomic E-state index is 11.9. The van der Waals surface area contributed by atoms with Crippen molar-refractivity contribution < 1.29 is 28.6 Å². The fourth-order valence-corrected chi connectivity index (χ4v) is 2.35. The zero-order chi connectivity index (χ0) is 18.1. The number of carbonyl (C=O) groups is 3. The highest BCUT2D eigenvalue weighted by atomic mass is 79.9. The second-order valence-corrected chi connectivity index (χ2v) is 6.37. The van der Waals surface area contributed by atoms with Crippen LogP contribution in [0.5, 0.6) is 0 Å². The molecule has 0 unspecified atom stereocenters. The fourth-order valence-electron chi connectivity index (χ4n) is 2.01. The van der Waals surface area contributed by atoms with E-state index >= 15 is 0 Å². The van der Waals surface area contributed by atoms with Crippen LogP contribution < -0.4 is 5.32 Å². The van der Waals surface area contributed by atoms with Crippen LogP contribution in [0.1, 0.15) is 29.8 Å². The van der Waals surface area contributed by atoms with E-state index in [-0.39, 0.29) is 11.1 Å². The third-order valence-electron chi connectivity index (χ3n) is 3.19. The van der Waals surface area contributed by atoms with Crippen LogP contribution >= 0.6 is 15.9 Å². The van der Waals surface area contributed by atoms with Gasteiger partial charge in [0.05, 0.1) is 18.4 Å². The SMILES string of the molecule is COC(=O)c1cc(Br)c(C)cc1NC=C1C(=O)OC(C)(C)OC1=O. The highest BCUT2D eigenvalue weighted by Crippen LogP contribution is 2.27. The molecule has 128 valence electrons. The third kappa shape index (κ3) is 3.76. The Labute approximate surface area is 147 Å². The summed E-state index contributed by atoms with van der Waals surface area (Å²) in [4.78, 5) is 35.7. The molecule has 1 aliphatic rings. The molecule has 1 heterocycles. The highest BCUT2D eigenvalue weighted by Gasteiger charge is 2.39. The van der Waals surface area contributed by atoms with E-state index in [0.717, 1.165) is 16.2 Å². The molecule has 1 saturated heterocycles. The van der Waals surface area contributed by atoms with Crippen molar-refractivity contribution in [3.05, 3.63) is 39.5 Å². The number of carbonyl (C=O) groups excluding carboxylic acids is 3. The van der Waals surface area contributed by atoms with Gasteiger partial charge in [-0.15, -0.1) is 0 Å². The standard InChI is InChI=1S/C16H16BrNO6/c1-8-5-12(9(6-11(8)17)13(19)22-4)18-7-10-14(20)23-16(2,3)24-15(10)21/h5-7,18H,1-4H3. The monoisotopic (exact) mass is 397 g/mol. The minimum absolute atomic E-state index is 0.240. The number of rotatable bonds is 3. The van der Waals surface area contributed by atoms with Crippen molar-refractivity contribution in [2.45, 2.75) is 26.6 Å². The lowest BCUT2D eigenvalue weighted by Gasteiger charge is -2.29. The molecule has 0 aromatic heterocycles. The Morgan fingerprint density at radius 3 is 2.38 bits per heavy atom. The molecule has 1 aromatic carbocycles. The minimum Gasteiger partial charge on any atom is -0.465 e. The number of halogens is 1. The largest absolute Gasteiger partial charge is 0.465 e. The average molecular weight is 398 g/mol. The van der Waals surface area contributed by atoms with Gasteiger partial charge in [-0.25, -0.2) is 14.4 Å². The summed E-state index contributed by atoms with van der Waals surface area (Å²) < 4.78 is 15.4. The molecule has 0 spiro atoms. The van der Waals surface area contributed by atoms with Gasteiger partial charge in [0, 0.05) is 24.5 Å².